The summed E-state index contributed by atoms with van der Waals surface area (Å²) in [7, 11) is 0. The van der Waals surface area contributed by atoms with Crippen molar-refractivity contribution < 1.29 is 9.90 Å². The summed E-state index contributed by atoms with van der Waals surface area (Å²) in [5.41, 5.74) is 2.91. The maximum Gasteiger partial charge on any atom is 0.257 e. The Balaban J connectivity index is 1.83. The normalized spacial score (nSPS) is 12.5. The average Bonchev–Trinajstić information content (AvgIpc) is 2.97. The van der Waals surface area contributed by atoms with Crippen LogP contribution in [0.2, 0.25) is 5.02 Å². The second-order valence-corrected chi connectivity index (χ2v) is 6.41. The number of aromatic nitrogens is 2. The van der Waals surface area contributed by atoms with E-state index in [-0.39, 0.29) is 5.92 Å². The number of halogens is 1. The molecule has 5 nitrogen and oxygen atoms in total. The Morgan fingerprint density at radius 2 is 2.04 bits per heavy atom. The molecule has 3 rings (SSSR count). The summed E-state index contributed by atoms with van der Waals surface area (Å²) in [6, 6.07) is 12.1. The van der Waals surface area contributed by atoms with Gasteiger partial charge in [0.1, 0.15) is 0 Å². The number of fused-ring (bicyclic) bond motifs is 1. The maximum atomic E-state index is 12.3. The minimum atomic E-state index is -1.28. The van der Waals surface area contributed by atoms with Gasteiger partial charge in [0.15, 0.2) is 6.10 Å². The van der Waals surface area contributed by atoms with E-state index in [9.17, 15) is 9.90 Å². The zero-order valence-corrected chi connectivity index (χ0v) is 14.1. The van der Waals surface area contributed by atoms with E-state index in [0.717, 1.165) is 16.6 Å². The Morgan fingerprint density at radius 1 is 1.25 bits per heavy atom. The highest BCUT2D eigenvalue weighted by Crippen LogP contribution is 2.26. The predicted molar refractivity (Wildman–Crippen MR) is 95.2 cm³/mol. The molecule has 1 aromatic heterocycles. The number of hydrogen-bond donors (Lipinski definition) is 3. The number of benzene rings is 2. The number of nitrogens with one attached hydrogen (secondary N) is 2. The quantitative estimate of drug-likeness (QED) is 0.669. The van der Waals surface area contributed by atoms with E-state index in [1.807, 2.05) is 12.1 Å². The lowest BCUT2D eigenvalue weighted by molar-refractivity contribution is -0.124. The number of hydrogen-bond acceptors (Lipinski definition) is 3. The summed E-state index contributed by atoms with van der Waals surface area (Å²) < 4.78 is 0. The third-order valence-corrected chi connectivity index (χ3v) is 4.08. The third-order valence-electron chi connectivity index (χ3n) is 3.84. The molecule has 0 fully saturated rings. The molecule has 124 valence electrons. The van der Waals surface area contributed by atoms with Gasteiger partial charge in [-0.15, -0.1) is 0 Å². The van der Waals surface area contributed by atoms with Crippen LogP contribution in [0.25, 0.3) is 10.9 Å². The number of H-pyrrole nitrogens is 1. The van der Waals surface area contributed by atoms with Crippen molar-refractivity contribution in [1.82, 2.24) is 10.2 Å². The molecule has 0 saturated heterocycles. The Kier molecular flexibility index (Phi) is 4.55. The lowest BCUT2D eigenvalue weighted by atomic mass is 10.1. The zero-order chi connectivity index (χ0) is 17.3. The van der Waals surface area contributed by atoms with Crippen LogP contribution in [0.15, 0.2) is 42.5 Å². The van der Waals surface area contributed by atoms with Crippen LogP contribution in [0.1, 0.15) is 37.1 Å². The van der Waals surface area contributed by atoms with Gasteiger partial charge < -0.3 is 10.4 Å². The molecule has 1 unspecified atom stereocenters. The Morgan fingerprint density at radius 3 is 2.75 bits per heavy atom. The lowest BCUT2D eigenvalue weighted by Crippen LogP contribution is -2.20. The molecule has 0 bridgehead atoms. The van der Waals surface area contributed by atoms with Gasteiger partial charge in [-0.05, 0) is 41.8 Å². The number of nitrogens with zero attached hydrogens (tertiary/aromatic N) is 1. The van der Waals surface area contributed by atoms with E-state index in [1.54, 1.807) is 30.3 Å². The van der Waals surface area contributed by atoms with Gasteiger partial charge >= 0.3 is 0 Å². The molecule has 3 N–H and O–H groups in total. The first-order valence-electron chi connectivity index (χ1n) is 7.68. The minimum absolute atomic E-state index is 0.290. The highest BCUT2D eigenvalue weighted by atomic mass is 35.5. The monoisotopic (exact) mass is 343 g/mol. The molecular formula is C18H18ClN3O2. The maximum absolute atomic E-state index is 12.3. The van der Waals surface area contributed by atoms with Crippen molar-refractivity contribution in [2.45, 2.75) is 25.9 Å². The van der Waals surface area contributed by atoms with E-state index in [4.69, 9.17) is 11.6 Å². The van der Waals surface area contributed by atoms with Crippen LogP contribution in [0, 0.1) is 0 Å². The number of aliphatic hydroxyl groups excluding tert-OH is 1. The molecule has 24 heavy (non-hydrogen) atoms. The van der Waals surface area contributed by atoms with E-state index in [0.29, 0.717) is 16.3 Å². The fourth-order valence-electron chi connectivity index (χ4n) is 2.59. The average molecular weight is 344 g/mol. The molecule has 1 heterocycles. The van der Waals surface area contributed by atoms with Crippen LogP contribution < -0.4 is 5.32 Å². The molecule has 0 saturated carbocycles. The molecule has 0 spiro atoms. The fourth-order valence-corrected chi connectivity index (χ4v) is 2.79. The number of aliphatic hydroxyl groups is 1. The van der Waals surface area contributed by atoms with Gasteiger partial charge in [-0.3, -0.25) is 9.89 Å². The molecule has 1 amide bonds. The van der Waals surface area contributed by atoms with Crippen molar-refractivity contribution >= 4 is 34.1 Å². The van der Waals surface area contributed by atoms with Crippen molar-refractivity contribution in [3.8, 4) is 0 Å². The predicted octanol–water partition coefficient (Wildman–Crippen LogP) is 4.01. The highest BCUT2D eigenvalue weighted by Gasteiger charge is 2.18. The molecule has 3 aromatic rings. The van der Waals surface area contributed by atoms with Gasteiger partial charge in [-0.25, -0.2) is 0 Å². The first kappa shape index (κ1) is 16.5. The van der Waals surface area contributed by atoms with Gasteiger partial charge in [0.2, 0.25) is 0 Å². The van der Waals surface area contributed by atoms with Crippen molar-refractivity contribution in [2.75, 3.05) is 5.32 Å². The summed E-state index contributed by atoms with van der Waals surface area (Å²) in [6.07, 6.45) is -1.28. The van der Waals surface area contributed by atoms with Crippen molar-refractivity contribution in [3.63, 3.8) is 0 Å². The fraction of sp³-hybridized carbons (Fsp3) is 0.222. The van der Waals surface area contributed by atoms with Gasteiger partial charge in [0.25, 0.3) is 5.91 Å². The molecule has 0 aliphatic rings. The van der Waals surface area contributed by atoms with E-state index < -0.39 is 12.0 Å². The van der Waals surface area contributed by atoms with Gasteiger partial charge in [-0.1, -0.05) is 37.6 Å². The van der Waals surface area contributed by atoms with Crippen molar-refractivity contribution in [2.24, 2.45) is 0 Å². The molecule has 6 heteroatoms. The first-order valence-corrected chi connectivity index (χ1v) is 8.06. The smallest absolute Gasteiger partial charge is 0.257 e. The Hall–Kier alpha value is -2.37. The second-order valence-electron chi connectivity index (χ2n) is 5.97. The van der Waals surface area contributed by atoms with Crippen molar-refractivity contribution in [1.29, 1.82) is 0 Å². The molecule has 2 aromatic carbocycles. The topological polar surface area (TPSA) is 78.0 Å². The van der Waals surface area contributed by atoms with Crippen LogP contribution in [0.5, 0.6) is 0 Å². The highest BCUT2D eigenvalue weighted by molar-refractivity contribution is 6.30. The summed E-state index contributed by atoms with van der Waals surface area (Å²) in [6.45, 7) is 4.14. The number of rotatable bonds is 4. The van der Waals surface area contributed by atoms with Crippen LogP contribution in [0.4, 0.5) is 5.69 Å². The summed E-state index contributed by atoms with van der Waals surface area (Å²) in [5.74, 6) is -0.218. The van der Waals surface area contributed by atoms with Crippen LogP contribution in [-0.2, 0) is 4.79 Å². The van der Waals surface area contributed by atoms with Crippen LogP contribution >= 0.6 is 11.6 Å². The number of anilines is 1. The molecule has 0 aliphatic heterocycles. The minimum Gasteiger partial charge on any atom is -0.378 e. The number of aromatic amines is 1. The van der Waals surface area contributed by atoms with Gasteiger partial charge in [-0.2, -0.15) is 5.10 Å². The second kappa shape index (κ2) is 6.63. The lowest BCUT2D eigenvalue weighted by Gasteiger charge is -2.12. The Bertz CT molecular complexity index is 889. The molecule has 0 aliphatic carbocycles. The standard InChI is InChI=1S/C18H18ClN3O2/c1-10(2)16-14-9-13(6-7-15(14)21-22-16)20-18(24)17(23)11-4-3-5-12(19)8-11/h3-10,17,23H,1-2H3,(H,20,24)(H,21,22). The number of amides is 1. The van der Waals surface area contributed by atoms with E-state index >= 15 is 0 Å². The first-order chi connectivity index (χ1) is 11.5. The van der Waals surface area contributed by atoms with Gasteiger partial charge in [0.05, 0.1) is 5.52 Å². The largest absolute Gasteiger partial charge is 0.378 e. The Labute approximate surface area is 144 Å². The number of carbonyl (C=O) groups excluding carboxylic acids is 1. The van der Waals surface area contributed by atoms with Gasteiger partial charge in [0, 0.05) is 21.8 Å². The van der Waals surface area contributed by atoms with E-state index in [2.05, 4.69) is 29.4 Å². The summed E-state index contributed by atoms with van der Waals surface area (Å²) in [4.78, 5) is 12.3. The molecule has 1 atom stereocenters. The van der Waals surface area contributed by atoms with Crippen molar-refractivity contribution in [3.05, 3.63) is 58.7 Å². The molecular weight excluding hydrogens is 326 g/mol. The summed E-state index contributed by atoms with van der Waals surface area (Å²) >= 11 is 5.90. The van der Waals surface area contributed by atoms with Crippen LogP contribution in [0.3, 0.4) is 0 Å². The summed E-state index contributed by atoms with van der Waals surface area (Å²) in [5, 5.41) is 21.6. The third kappa shape index (κ3) is 3.27. The SMILES string of the molecule is CC(C)c1[nH]nc2ccc(NC(=O)C(O)c3cccc(Cl)c3)cc12. The molecule has 0 radical (unpaired) electrons. The van der Waals surface area contributed by atoms with Crippen LogP contribution in [-0.4, -0.2) is 21.2 Å². The zero-order valence-electron chi connectivity index (χ0n) is 13.4. The van der Waals surface area contributed by atoms with E-state index in [1.165, 1.54) is 0 Å². The number of carbonyl (C=O) groups is 1.